The minimum Gasteiger partial charge on any atom is -0.374 e. The van der Waals surface area contributed by atoms with Gasteiger partial charge in [0.05, 0.1) is 5.60 Å². The van der Waals surface area contributed by atoms with Crippen LogP contribution in [0.3, 0.4) is 0 Å². The van der Waals surface area contributed by atoms with Crippen molar-refractivity contribution >= 4 is 0 Å². The quantitative estimate of drug-likeness (QED) is 0.665. The maximum absolute atomic E-state index is 5.85. The summed E-state index contributed by atoms with van der Waals surface area (Å²) in [7, 11) is 0. The maximum atomic E-state index is 5.85. The Hall–Kier alpha value is -0.0800. The third-order valence-electron chi connectivity index (χ3n) is 2.46. The number of rotatable bonds is 5. The molecule has 0 aliphatic carbocycles. The number of hydrogen-bond acceptors (Lipinski definition) is 2. The highest BCUT2D eigenvalue weighted by molar-refractivity contribution is 4.86. The second kappa shape index (κ2) is 4.73. The second-order valence-corrected chi connectivity index (χ2v) is 2.99. The van der Waals surface area contributed by atoms with Crippen molar-refractivity contribution < 1.29 is 4.74 Å². The van der Waals surface area contributed by atoms with Crippen molar-refractivity contribution in [1.29, 1.82) is 0 Å². The highest BCUT2D eigenvalue weighted by atomic mass is 16.5. The molecule has 0 spiro atoms. The SMILES string of the molecule is CCOC(CC)(CC)[C@@H](C)N. The molecule has 2 N–H and O–H groups in total. The molecular weight excluding hydrogens is 138 g/mol. The van der Waals surface area contributed by atoms with E-state index in [4.69, 9.17) is 10.5 Å². The minimum atomic E-state index is -0.0885. The first-order chi connectivity index (χ1) is 5.13. The summed E-state index contributed by atoms with van der Waals surface area (Å²) in [6.45, 7) is 9.04. The zero-order chi connectivity index (χ0) is 8.91. The third-order valence-corrected chi connectivity index (χ3v) is 2.46. The molecule has 0 rings (SSSR count). The standard InChI is InChI=1S/C9H21NO/c1-5-9(6-2,8(4)10)11-7-3/h8H,5-7,10H2,1-4H3/t8-/m1/s1. The first-order valence-electron chi connectivity index (χ1n) is 4.52. The van der Waals surface area contributed by atoms with Gasteiger partial charge >= 0.3 is 0 Å². The fourth-order valence-electron chi connectivity index (χ4n) is 1.52. The van der Waals surface area contributed by atoms with Crippen LogP contribution in [-0.4, -0.2) is 18.2 Å². The molecule has 68 valence electrons. The van der Waals surface area contributed by atoms with Crippen LogP contribution < -0.4 is 5.73 Å². The van der Waals surface area contributed by atoms with E-state index in [0.29, 0.717) is 0 Å². The smallest absolute Gasteiger partial charge is 0.0824 e. The molecule has 2 nitrogen and oxygen atoms in total. The third kappa shape index (κ3) is 2.46. The van der Waals surface area contributed by atoms with Crippen LogP contribution >= 0.6 is 0 Å². The second-order valence-electron chi connectivity index (χ2n) is 2.99. The Bertz CT molecular complexity index is 97.7. The van der Waals surface area contributed by atoms with Gasteiger partial charge < -0.3 is 10.5 Å². The van der Waals surface area contributed by atoms with Crippen LogP contribution in [0.4, 0.5) is 0 Å². The van der Waals surface area contributed by atoms with Crippen molar-refractivity contribution in [2.75, 3.05) is 6.61 Å². The molecule has 0 fully saturated rings. The van der Waals surface area contributed by atoms with E-state index in [-0.39, 0.29) is 11.6 Å². The fourth-order valence-corrected chi connectivity index (χ4v) is 1.52. The molecule has 11 heavy (non-hydrogen) atoms. The van der Waals surface area contributed by atoms with Crippen LogP contribution in [0.15, 0.2) is 0 Å². The molecular formula is C9H21NO. The van der Waals surface area contributed by atoms with E-state index in [0.717, 1.165) is 19.4 Å². The van der Waals surface area contributed by atoms with Gasteiger partial charge in [-0.1, -0.05) is 13.8 Å². The number of hydrogen-bond donors (Lipinski definition) is 1. The molecule has 0 saturated heterocycles. The first-order valence-corrected chi connectivity index (χ1v) is 4.52. The van der Waals surface area contributed by atoms with Gasteiger partial charge in [-0.25, -0.2) is 0 Å². The van der Waals surface area contributed by atoms with Crippen LogP contribution in [0, 0.1) is 0 Å². The fraction of sp³-hybridized carbons (Fsp3) is 1.00. The average molecular weight is 159 g/mol. The number of nitrogens with two attached hydrogens (primary N) is 1. The molecule has 0 heterocycles. The van der Waals surface area contributed by atoms with Crippen molar-refractivity contribution in [3.05, 3.63) is 0 Å². The monoisotopic (exact) mass is 159 g/mol. The maximum Gasteiger partial charge on any atom is 0.0824 e. The van der Waals surface area contributed by atoms with Crippen molar-refractivity contribution in [1.82, 2.24) is 0 Å². The van der Waals surface area contributed by atoms with E-state index in [2.05, 4.69) is 13.8 Å². The lowest BCUT2D eigenvalue weighted by Crippen LogP contribution is -2.47. The van der Waals surface area contributed by atoms with E-state index in [1.165, 1.54) is 0 Å². The summed E-state index contributed by atoms with van der Waals surface area (Å²) in [5.41, 5.74) is 5.77. The minimum absolute atomic E-state index is 0.0885. The normalized spacial score (nSPS) is 15.0. The summed E-state index contributed by atoms with van der Waals surface area (Å²) >= 11 is 0. The van der Waals surface area contributed by atoms with Crippen LogP contribution in [0.25, 0.3) is 0 Å². The van der Waals surface area contributed by atoms with Gasteiger partial charge in [0.25, 0.3) is 0 Å². The van der Waals surface area contributed by atoms with E-state index >= 15 is 0 Å². The molecule has 2 heteroatoms. The van der Waals surface area contributed by atoms with E-state index in [1.54, 1.807) is 0 Å². The Morgan fingerprint density at radius 1 is 1.27 bits per heavy atom. The van der Waals surface area contributed by atoms with Crippen molar-refractivity contribution in [2.45, 2.75) is 52.2 Å². The molecule has 0 aromatic carbocycles. The molecule has 1 atom stereocenters. The Morgan fingerprint density at radius 3 is 1.82 bits per heavy atom. The van der Waals surface area contributed by atoms with Gasteiger partial charge in [0, 0.05) is 12.6 Å². The van der Waals surface area contributed by atoms with Crippen LogP contribution in [0.2, 0.25) is 0 Å². The predicted molar refractivity (Wildman–Crippen MR) is 48.6 cm³/mol. The predicted octanol–water partition coefficient (Wildman–Crippen LogP) is 1.93. The zero-order valence-electron chi connectivity index (χ0n) is 8.18. The molecule has 0 aliphatic rings. The van der Waals surface area contributed by atoms with E-state index in [1.807, 2.05) is 13.8 Å². The van der Waals surface area contributed by atoms with Gasteiger partial charge in [0.1, 0.15) is 0 Å². The van der Waals surface area contributed by atoms with Gasteiger partial charge in [-0.15, -0.1) is 0 Å². The summed E-state index contributed by atoms with van der Waals surface area (Å²) in [5.74, 6) is 0. The van der Waals surface area contributed by atoms with E-state index < -0.39 is 0 Å². The summed E-state index contributed by atoms with van der Waals surface area (Å²) in [4.78, 5) is 0. The Balaban J connectivity index is 4.20. The molecule has 0 unspecified atom stereocenters. The van der Waals surface area contributed by atoms with Crippen molar-refractivity contribution in [3.8, 4) is 0 Å². The van der Waals surface area contributed by atoms with Crippen molar-refractivity contribution in [2.24, 2.45) is 5.73 Å². The van der Waals surface area contributed by atoms with E-state index in [9.17, 15) is 0 Å². The molecule has 0 amide bonds. The average Bonchev–Trinajstić information content (AvgIpc) is 2.00. The lowest BCUT2D eigenvalue weighted by atomic mass is 9.90. The Labute approximate surface area is 70.1 Å². The molecule has 0 aromatic rings. The summed E-state index contributed by atoms with van der Waals surface area (Å²) in [6, 6.07) is 0.123. The molecule has 0 aliphatic heterocycles. The van der Waals surface area contributed by atoms with Crippen molar-refractivity contribution in [3.63, 3.8) is 0 Å². The van der Waals surface area contributed by atoms with Gasteiger partial charge in [-0.2, -0.15) is 0 Å². The molecule has 0 aromatic heterocycles. The van der Waals surface area contributed by atoms with Gasteiger partial charge in [0.2, 0.25) is 0 Å². The zero-order valence-corrected chi connectivity index (χ0v) is 8.18. The van der Waals surface area contributed by atoms with Crippen LogP contribution in [-0.2, 0) is 4.74 Å². The molecule has 0 bridgehead atoms. The first kappa shape index (κ1) is 10.9. The lowest BCUT2D eigenvalue weighted by molar-refractivity contribution is -0.0595. The summed E-state index contributed by atoms with van der Waals surface area (Å²) in [6.07, 6.45) is 1.99. The summed E-state index contributed by atoms with van der Waals surface area (Å²) < 4.78 is 5.66. The topological polar surface area (TPSA) is 35.2 Å². The van der Waals surface area contributed by atoms with Gasteiger partial charge in [-0.3, -0.25) is 0 Å². The number of ether oxygens (including phenoxy) is 1. The highest BCUT2D eigenvalue weighted by Crippen LogP contribution is 2.23. The van der Waals surface area contributed by atoms with Crippen LogP contribution in [0.5, 0.6) is 0 Å². The molecule has 0 saturated carbocycles. The van der Waals surface area contributed by atoms with Gasteiger partial charge in [-0.05, 0) is 26.7 Å². The largest absolute Gasteiger partial charge is 0.374 e. The Morgan fingerprint density at radius 2 is 1.73 bits per heavy atom. The van der Waals surface area contributed by atoms with Gasteiger partial charge in [0.15, 0.2) is 0 Å². The lowest BCUT2D eigenvalue weighted by Gasteiger charge is -2.35. The summed E-state index contributed by atoms with van der Waals surface area (Å²) in [5, 5.41) is 0. The molecule has 0 radical (unpaired) electrons. The highest BCUT2D eigenvalue weighted by Gasteiger charge is 2.30. The Kier molecular flexibility index (Phi) is 4.69. The van der Waals surface area contributed by atoms with Crippen LogP contribution in [0.1, 0.15) is 40.5 Å².